The topological polar surface area (TPSA) is 113 Å². The summed E-state index contributed by atoms with van der Waals surface area (Å²) in [4.78, 5) is 22.6. The first-order chi connectivity index (χ1) is 17.4. The number of morpholine rings is 1. The van der Waals surface area contributed by atoms with Gasteiger partial charge in [0.1, 0.15) is 11.6 Å². The predicted octanol–water partition coefficient (Wildman–Crippen LogP) is 3.01. The van der Waals surface area contributed by atoms with Crippen LogP contribution in [-0.2, 0) is 16.1 Å². The van der Waals surface area contributed by atoms with Crippen LogP contribution in [0.5, 0.6) is 0 Å². The minimum Gasteiger partial charge on any atom is -0.593 e. The van der Waals surface area contributed by atoms with E-state index in [1.165, 1.54) is 12.8 Å². The number of carbonyl (C=O) groups excluding carboxylic acids is 1. The molecule has 2 aliphatic heterocycles. The van der Waals surface area contributed by atoms with Gasteiger partial charge in [0, 0.05) is 26.2 Å². The fraction of sp³-hybridized carbons (Fsp3) is 0.538. The number of aliphatic hydroxyl groups excluding tert-OH is 1. The van der Waals surface area contributed by atoms with Gasteiger partial charge in [0.2, 0.25) is 0 Å². The van der Waals surface area contributed by atoms with Crippen LogP contribution >= 0.6 is 0 Å². The Morgan fingerprint density at radius 3 is 2.72 bits per heavy atom. The monoisotopic (exact) mass is 513 g/mol. The number of piperidine rings is 1. The maximum atomic E-state index is 13.5. The maximum absolute atomic E-state index is 13.5. The number of nitrogens with zero attached hydrogens (tertiary/aromatic N) is 3. The molecule has 1 unspecified atom stereocenters. The van der Waals surface area contributed by atoms with Gasteiger partial charge in [0.25, 0.3) is 5.91 Å². The highest BCUT2D eigenvalue weighted by molar-refractivity contribution is 7.92. The van der Waals surface area contributed by atoms with Gasteiger partial charge in [-0.25, -0.2) is 9.71 Å². The fourth-order valence-electron chi connectivity index (χ4n) is 5.09. The minimum atomic E-state index is -1.39. The van der Waals surface area contributed by atoms with E-state index in [1.807, 2.05) is 25.1 Å². The molecule has 1 spiro atoms. The molecule has 194 valence electrons. The third kappa shape index (κ3) is 5.88. The Labute approximate surface area is 215 Å². The number of hydrogen-bond donors (Lipinski definition) is 3. The van der Waals surface area contributed by atoms with Crippen LogP contribution in [0.2, 0.25) is 0 Å². The standard InChI is InChI=1S/C26H35N5O4S/c1-19-18-31(13-15-35-19)24-4-2-3-23(27-24)28-25(33)21-6-5-20(29-36(34)16-14-32)17-22(21)30-11-9-26(7-8-26)10-12-30/h2-6,17,19,29,32H,7-16,18H2,1H3,(H,27,28,33)/t19-,36?/m1/s1. The second-order valence-corrected chi connectivity index (χ2v) is 11.4. The van der Waals surface area contributed by atoms with E-state index >= 15 is 0 Å². The molecule has 2 aromatic rings. The second kappa shape index (κ2) is 10.8. The molecule has 9 nitrogen and oxygen atoms in total. The van der Waals surface area contributed by atoms with E-state index in [2.05, 4.69) is 19.8 Å². The van der Waals surface area contributed by atoms with Crippen molar-refractivity contribution in [2.75, 3.05) is 65.0 Å². The molecule has 36 heavy (non-hydrogen) atoms. The zero-order valence-corrected chi connectivity index (χ0v) is 21.6. The number of carbonyl (C=O) groups is 1. The van der Waals surface area contributed by atoms with Gasteiger partial charge < -0.3 is 29.5 Å². The van der Waals surface area contributed by atoms with E-state index in [1.54, 1.807) is 18.2 Å². The molecular weight excluding hydrogens is 478 g/mol. The highest BCUT2D eigenvalue weighted by Gasteiger charge is 2.44. The number of anilines is 4. The van der Waals surface area contributed by atoms with Gasteiger partial charge in [0.05, 0.1) is 47.6 Å². The van der Waals surface area contributed by atoms with Gasteiger partial charge in [0.15, 0.2) is 5.75 Å². The average Bonchev–Trinajstić information content (AvgIpc) is 3.63. The van der Waals surface area contributed by atoms with Gasteiger partial charge in [-0.15, -0.1) is 0 Å². The second-order valence-electron chi connectivity index (χ2n) is 10.1. The van der Waals surface area contributed by atoms with Crippen LogP contribution < -0.4 is 19.8 Å². The van der Waals surface area contributed by atoms with E-state index in [-0.39, 0.29) is 24.4 Å². The van der Waals surface area contributed by atoms with Crippen molar-refractivity contribution in [2.24, 2.45) is 5.41 Å². The van der Waals surface area contributed by atoms with Gasteiger partial charge >= 0.3 is 0 Å². The molecule has 3 heterocycles. The van der Waals surface area contributed by atoms with E-state index < -0.39 is 11.4 Å². The van der Waals surface area contributed by atoms with Crippen molar-refractivity contribution in [1.82, 2.24) is 4.98 Å². The van der Waals surface area contributed by atoms with Gasteiger partial charge in [-0.1, -0.05) is 6.07 Å². The van der Waals surface area contributed by atoms with Gasteiger partial charge in [-0.2, -0.15) is 0 Å². The fourth-order valence-corrected chi connectivity index (χ4v) is 5.75. The molecule has 5 rings (SSSR count). The lowest BCUT2D eigenvalue weighted by atomic mass is 9.93. The molecule has 1 saturated carbocycles. The highest BCUT2D eigenvalue weighted by atomic mass is 32.2. The van der Waals surface area contributed by atoms with Crippen LogP contribution in [0.1, 0.15) is 43.0 Å². The normalized spacial score (nSPS) is 21.8. The molecule has 1 aliphatic carbocycles. The Morgan fingerprint density at radius 2 is 2.00 bits per heavy atom. The third-order valence-corrected chi connectivity index (χ3v) is 8.43. The summed E-state index contributed by atoms with van der Waals surface area (Å²) in [6.45, 7) is 5.86. The summed E-state index contributed by atoms with van der Waals surface area (Å²) >= 11 is -1.39. The van der Waals surface area contributed by atoms with Crippen LogP contribution in [-0.4, -0.2) is 71.8 Å². The number of rotatable bonds is 8. The number of ether oxygens (including phenoxy) is 1. The summed E-state index contributed by atoms with van der Waals surface area (Å²) in [5.41, 5.74) is 2.57. The molecule has 2 saturated heterocycles. The first-order valence-electron chi connectivity index (χ1n) is 12.7. The number of amides is 1. The Kier molecular flexibility index (Phi) is 7.57. The van der Waals surface area contributed by atoms with E-state index in [4.69, 9.17) is 14.8 Å². The molecule has 0 bridgehead atoms. The highest BCUT2D eigenvalue weighted by Crippen LogP contribution is 2.54. The summed E-state index contributed by atoms with van der Waals surface area (Å²) in [5.74, 6) is 1.25. The van der Waals surface area contributed by atoms with Crippen LogP contribution in [0, 0.1) is 5.41 Å². The zero-order valence-electron chi connectivity index (χ0n) is 20.7. The molecule has 1 aromatic heterocycles. The Hall–Kier alpha value is -2.53. The predicted molar refractivity (Wildman–Crippen MR) is 143 cm³/mol. The van der Waals surface area contributed by atoms with Crippen molar-refractivity contribution in [3.8, 4) is 0 Å². The summed E-state index contributed by atoms with van der Waals surface area (Å²) in [6.07, 6.45) is 5.01. The van der Waals surface area contributed by atoms with Crippen molar-refractivity contribution in [3.63, 3.8) is 0 Å². The van der Waals surface area contributed by atoms with Crippen molar-refractivity contribution in [3.05, 3.63) is 42.0 Å². The van der Waals surface area contributed by atoms with E-state index in [0.717, 1.165) is 50.5 Å². The van der Waals surface area contributed by atoms with E-state index in [9.17, 15) is 9.35 Å². The summed E-state index contributed by atoms with van der Waals surface area (Å²) in [6, 6.07) is 11.1. The molecule has 3 fully saturated rings. The van der Waals surface area contributed by atoms with Crippen molar-refractivity contribution in [2.45, 2.75) is 38.7 Å². The lowest BCUT2D eigenvalue weighted by molar-refractivity contribution is 0.0529. The van der Waals surface area contributed by atoms with Crippen molar-refractivity contribution >= 4 is 40.3 Å². The molecule has 10 heteroatoms. The largest absolute Gasteiger partial charge is 0.593 e. The molecule has 3 N–H and O–H groups in total. The molecule has 2 atom stereocenters. The Bertz CT molecular complexity index is 1070. The first kappa shape index (κ1) is 25.1. The number of pyridine rings is 1. The average molecular weight is 514 g/mol. The van der Waals surface area contributed by atoms with E-state index in [0.29, 0.717) is 29.1 Å². The summed E-state index contributed by atoms with van der Waals surface area (Å²) < 4.78 is 20.7. The van der Waals surface area contributed by atoms with Crippen LogP contribution in [0.3, 0.4) is 0 Å². The van der Waals surface area contributed by atoms with Gasteiger partial charge in [-0.05, 0) is 68.4 Å². The lowest BCUT2D eigenvalue weighted by Gasteiger charge is -2.35. The first-order valence-corrected chi connectivity index (χ1v) is 14.1. The number of aliphatic hydroxyl groups is 1. The van der Waals surface area contributed by atoms with Gasteiger partial charge in [-0.3, -0.25) is 4.79 Å². The Balaban J connectivity index is 1.35. The van der Waals surface area contributed by atoms with Crippen LogP contribution in [0.4, 0.5) is 23.0 Å². The quantitative estimate of drug-likeness (QED) is 0.462. The molecular formula is C26H35N5O4S. The van der Waals surface area contributed by atoms with Crippen LogP contribution in [0.15, 0.2) is 36.4 Å². The summed E-state index contributed by atoms with van der Waals surface area (Å²) in [7, 11) is 0. The zero-order chi connectivity index (χ0) is 25.1. The van der Waals surface area contributed by atoms with Crippen molar-refractivity contribution < 1.29 is 19.2 Å². The minimum absolute atomic E-state index is 0.138. The van der Waals surface area contributed by atoms with Crippen molar-refractivity contribution in [1.29, 1.82) is 0 Å². The lowest BCUT2D eigenvalue weighted by Crippen LogP contribution is -2.41. The molecule has 1 aromatic carbocycles. The Morgan fingerprint density at radius 1 is 1.19 bits per heavy atom. The summed E-state index contributed by atoms with van der Waals surface area (Å²) in [5, 5.41) is 12.1. The number of hydrogen-bond acceptors (Lipinski definition) is 8. The molecule has 3 aliphatic rings. The molecule has 0 radical (unpaired) electrons. The number of nitrogens with one attached hydrogen (secondary N) is 2. The number of aromatic nitrogens is 1. The third-order valence-electron chi connectivity index (χ3n) is 7.41. The maximum Gasteiger partial charge on any atom is 0.258 e. The SMILES string of the molecule is C[C@@H]1CN(c2cccc(NC(=O)c3ccc(N[S+]([O-])CCO)cc3N3CCC4(CC3)CC4)n2)CCO1. The number of benzene rings is 1. The van der Waals surface area contributed by atoms with Crippen LogP contribution in [0.25, 0.3) is 0 Å². The molecule has 1 amide bonds. The smallest absolute Gasteiger partial charge is 0.258 e.